The number of rotatable bonds is 13. The molecule has 0 amide bonds. The molecule has 36 heavy (non-hydrogen) atoms. The Morgan fingerprint density at radius 2 is 1.61 bits per heavy atom. The summed E-state index contributed by atoms with van der Waals surface area (Å²) in [5.74, 6) is -0.817. The van der Waals surface area contributed by atoms with Crippen LogP contribution < -0.4 is 5.56 Å². The third-order valence-corrected chi connectivity index (χ3v) is 5.63. The number of carbonyl (C=O) groups is 2. The highest BCUT2D eigenvalue weighted by Crippen LogP contribution is 2.28. The van der Waals surface area contributed by atoms with Crippen LogP contribution in [0, 0.1) is 0 Å². The molecule has 3 aromatic rings. The van der Waals surface area contributed by atoms with Crippen molar-refractivity contribution < 1.29 is 33.6 Å². The highest BCUT2D eigenvalue weighted by Gasteiger charge is 2.30. The molecule has 1 N–H and O–H groups in total. The summed E-state index contributed by atoms with van der Waals surface area (Å²) in [6, 6.07) is 9.63. The molecule has 1 aliphatic rings. The molecule has 0 saturated heterocycles. The molecular formula is C25H25ClN2O8. The number of aliphatic hydroxyl groups excluding tert-OH is 1. The molecule has 0 fully saturated rings. The van der Waals surface area contributed by atoms with Crippen LogP contribution in [0.5, 0.6) is 0 Å². The van der Waals surface area contributed by atoms with Crippen LogP contribution in [0.4, 0.5) is 0 Å². The van der Waals surface area contributed by atoms with E-state index in [0.717, 1.165) is 0 Å². The van der Waals surface area contributed by atoms with Gasteiger partial charge in [0.1, 0.15) is 6.61 Å². The van der Waals surface area contributed by atoms with Gasteiger partial charge in [-0.15, -0.1) is 0 Å². The Labute approximate surface area is 211 Å². The Bertz CT molecular complexity index is 1320. The Kier molecular flexibility index (Phi) is 8.79. The first kappa shape index (κ1) is 25.9. The van der Waals surface area contributed by atoms with E-state index in [4.69, 9.17) is 35.7 Å². The van der Waals surface area contributed by atoms with Gasteiger partial charge in [0.15, 0.2) is 5.82 Å². The van der Waals surface area contributed by atoms with Gasteiger partial charge in [0.05, 0.1) is 74.8 Å². The Morgan fingerprint density at radius 1 is 0.917 bits per heavy atom. The Morgan fingerprint density at radius 3 is 2.33 bits per heavy atom. The molecule has 0 radical (unpaired) electrons. The lowest BCUT2D eigenvalue weighted by atomic mass is 10.1. The van der Waals surface area contributed by atoms with Crippen LogP contribution in [0.15, 0.2) is 41.2 Å². The molecule has 0 aliphatic carbocycles. The second-order valence-corrected chi connectivity index (χ2v) is 8.31. The van der Waals surface area contributed by atoms with Crippen molar-refractivity contribution in [2.24, 2.45) is 0 Å². The van der Waals surface area contributed by atoms with Gasteiger partial charge in [0.2, 0.25) is 5.78 Å². The SMILES string of the molecule is O=C(Cc1ccc2c(c1)C(=O)c1nc3ccc(Cl)cc3c(=O)n1-2)OCCOCCOCCOCCO. The van der Waals surface area contributed by atoms with Crippen LogP contribution in [0.25, 0.3) is 16.6 Å². The maximum Gasteiger partial charge on any atom is 0.310 e. The minimum absolute atomic E-state index is 0.0207. The summed E-state index contributed by atoms with van der Waals surface area (Å²) in [4.78, 5) is 42.6. The number of nitrogens with zero attached hydrogens (tertiary/aromatic N) is 2. The van der Waals surface area contributed by atoms with Crippen molar-refractivity contribution in [1.29, 1.82) is 0 Å². The molecule has 190 valence electrons. The second kappa shape index (κ2) is 12.2. The average molecular weight is 517 g/mol. The van der Waals surface area contributed by atoms with E-state index in [2.05, 4.69) is 4.98 Å². The van der Waals surface area contributed by atoms with Crippen molar-refractivity contribution in [2.75, 3.05) is 52.9 Å². The maximum absolute atomic E-state index is 13.0. The lowest BCUT2D eigenvalue weighted by Gasteiger charge is -2.08. The lowest BCUT2D eigenvalue weighted by molar-refractivity contribution is -0.144. The molecule has 11 heteroatoms. The van der Waals surface area contributed by atoms with E-state index >= 15 is 0 Å². The third kappa shape index (κ3) is 5.97. The lowest BCUT2D eigenvalue weighted by Crippen LogP contribution is -2.21. The average Bonchev–Trinajstić information content (AvgIpc) is 3.14. The smallest absolute Gasteiger partial charge is 0.310 e. The van der Waals surface area contributed by atoms with Crippen LogP contribution in [0.3, 0.4) is 0 Å². The summed E-state index contributed by atoms with van der Waals surface area (Å²) in [7, 11) is 0. The predicted molar refractivity (Wildman–Crippen MR) is 130 cm³/mol. The van der Waals surface area contributed by atoms with E-state index in [1.807, 2.05) is 0 Å². The van der Waals surface area contributed by atoms with E-state index in [1.54, 1.807) is 30.3 Å². The van der Waals surface area contributed by atoms with Gasteiger partial charge in [0.25, 0.3) is 5.56 Å². The zero-order valence-corrected chi connectivity index (χ0v) is 20.2. The van der Waals surface area contributed by atoms with Gasteiger partial charge < -0.3 is 24.1 Å². The normalized spacial score (nSPS) is 12.1. The summed E-state index contributed by atoms with van der Waals surface area (Å²) in [5.41, 5.74) is 1.32. The first-order valence-corrected chi connectivity index (χ1v) is 11.8. The number of aromatic nitrogens is 2. The van der Waals surface area contributed by atoms with Crippen molar-refractivity contribution in [3.8, 4) is 5.69 Å². The molecule has 1 aliphatic heterocycles. The molecule has 0 bridgehead atoms. The summed E-state index contributed by atoms with van der Waals surface area (Å²) in [6.07, 6.45) is -0.0340. The Hall–Kier alpha value is -3.15. The number of esters is 1. The molecule has 0 spiro atoms. The van der Waals surface area contributed by atoms with Crippen LogP contribution in [0.2, 0.25) is 5.02 Å². The number of ketones is 1. The van der Waals surface area contributed by atoms with E-state index < -0.39 is 5.97 Å². The number of carbonyl (C=O) groups excluding carboxylic acids is 2. The molecular weight excluding hydrogens is 492 g/mol. The minimum atomic E-state index is -0.463. The first-order chi connectivity index (χ1) is 17.5. The monoisotopic (exact) mass is 516 g/mol. The van der Waals surface area contributed by atoms with Crippen LogP contribution in [-0.2, 0) is 30.2 Å². The number of hydrogen-bond donors (Lipinski definition) is 1. The first-order valence-electron chi connectivity index (χ1n) is 11.4. The number of benzene rings is 2. The van der Waals surface area contributed by atoms with Gasteiger partial charge in [0, 0.05) is 5.02 Å². The molecule has 1 aromatic heterocycles. The molecule has 2 heterocycles. The number of aliphatic hydroxyl groups is 1. The summed E-state index contributed by atoms with van der Waals surface area (Å²) in [6.45, 7) is 2.10. The summed E-state index contributed by atoms with van der Waals surface area (Å²) in [5, 5.41) is 9.31. The van der Waals surface area contributed by atoms with Crippen molar-refractivity contribution in [2.45, 2.75) is 6.42 Å². The van der Waals surface area contributed by atoms with Crippen molar-refractivity contribution in [1.82, 2.24) is 9.55 Å². The van der Waals surface area contributed by atoms with Gasteiger partial charge in [-0.25, -0.2) is 4.98 Å². The van der Waals surface area contributed by atoms with Gasteiger partial charge in [-0.1, -0.05) is 17.7 Å². The molecule has 0 unspecified atom stereocenters. The zero-order valence-electron chi connectivity index (χ0n) is 19.4. The van der Waals surface area contributed by atoms with Crippen LogP contribution >= 0.6 is 11.6 Å². The fraction of sp³-hybridized carbons (Fsp3) is 0.360. The number of hydrogen-bond acceptors (Lipinski definition) is 9. The minimum Gasteiger partial charge on any atom is -0.463 e. The van der Waals surface area contributed by atoms with Crippen molar-refractivity contribution in [3.05, 3.63) is 68.7 Å². The van der Waals surface area contributed by atoms with Crippen LogP contribution in [-0.4, -0.2) is 79.3 Å². The quantitative estimate of drug-likeness (QED) is 0.209. The molecule has 2 aromatic carbocycles. The molecule has 0 saturated carbocycles. The fourth-order valence-corrected chi connectivity index (χ4v) is 3.93. The topological polar surface area (TPSA) is 126 Å². The van der Waals surface area contributed by atoms with E-state index in [1.165, 1.54) is 10.6 Å². The van der Waals surface area contributed by atoms with Crippen molar-refractivity contribution >= 4 is 34.3 Å². The Balaban J connectivity index is 1.28. The van der Waals surface area contributed by atoms with Crippen molar-refractivity contribution in [3.63, 3.8) is 0 Å². The number of ether oxygens (including phenoxy) is 4. The van der Waals surface area contributed by atoms with Crippen LogP contribution in [0.1, 0.15) is 21.7 Å². The van der Waals surface area contributed by atoms with Gasteiger partial charge in [-0.2, -0.15) is 0 Å². The maximum atomic E-state index is 13.0. The molecule has 0 atom stereocenters. The van der Waals surface area contributed by atoms with E-state index in [9.17, 15) is 14.4 Å². The highest BCUT2D eigenvalue weighted by molar-refractivity contribution is 6.31. The van der Waals surface area contributed by atoms with Gasteiger partial charge >= 0.3 is 5.97 Å². The fourth-order valence-electron chi connectivity index (χ4n) is 3.76. The molecule has 4 rings (SSSR count). The van der Waals surface area contributed by atoms with Gasteiger partial charge in [-0.3, -0.25) is 19.0 Å². The standard InChI is InChI=1S/C25H25ClN2O8/c26-17-2-3-20-18(15-17)25(32)28-21-4-1-16(13-19(21)23(31)24(28)27-20)14-22(30)36-12-11-35-10-9-34-8-7-33-6-5-29/h1-4,13,15,29H,5-12,14H2. The number of halogens is 1. The molecule has 10 nitrogen and oxygen atoms in total. The summed E-state index contributed by atoms with van der Waals surface area (Å²) >= 11 is 6.02. The third-order valence-electron chi connectivity index (χ3n) is 5.40. The predicted octanol–water partition coefficient (Wildman–Crippen LogP) is 1.71. The summed E-state index contributed by atoms with van der Waals surface area (Å²) < 4.78 is 22.2. The largest absolute Gasteiger partial charge is 0.463 e. The number of fused-ring (bicyclic) bond motifs is 4. The zero-order chi connectivity index (χ0) is 25.5. The highest BCUT2D eigenvalue weighted by atomic mass is 35.5. The second-order valence-electron chi connectivity index (χ2n) is 7.88. The van der Waals surface area contributed by atoms with E-state index in [0.29, 0.717) is 59.2 Å². The van der Waals surface area contributed by atoms with Gasteiger partial charge in [-0.05, 0) is 35.9 Å². The van der Waals surface area contributed by atoms with E-state index in [-0.39, 0.29) is 50.0 Å².